The van der Waals surface area contributed by atoms with E-state index >= 15 is 0 Å². The van der Waals surface area contributed by atoms with Crippen LogP contribution in [0.1, 0.15) is 32.8 Å². The maximum atomic E-state index is 12.8. The lowest BCUT2D eigenvalue weighted by Crippen LogP contribution is -2.55. The van der Waals surface area contributed by atoms with E-state index < -0.39 is 35.7 Å². The van der Waals surface area contributed by atoms with Gasteiger partial charge in [0, 0.05) is 13.0 Å². The van der Waals surface area contributed by atoms with Crippen LogP contribution in [0.5, 0.6) is 0 Å². The highest BCUT2D eigenvalue weighted by Gasteiger charge is 2.61. The summed E-state index contributed by atoms with van der Waals surface area (Å²) < 4.78 is 15.5. The Balaban J connectivity index is 2.12. The molecule has 8 heteroatoms. The molecule has 8 nitrogen and oxygen atoms in total. The van der Waals surface area contributed by atoms with Crippen LogP contribution in [-0.4, -0.2) is 55.5 Å². The number of amides is 2. The minimum Gasteiger partial charge on any atom is -0.463 e. The molecular weight excluding hydrogens is 364 g/mol. The fourth-order valence-electron chi connectivity index (χ4n) is 2.72. The van der Waals surface area contributed by atoms with E-state index in [2.05, 4.69) is 10.6 Å². The highest BCUT2D eigenvalue weighted by atomic mass is 16.6. The van der Waals surface area contributed by atoms with E-state index in [9.17, 15) is 14.4 Å². The average molecular weight is 392 g/mol. The minimum absolute atomic E-state index is 0.0616. The Morgan fingerprint density at radius 1 is 1.11 bits per heavy atom. The van der Waals surface area contributed by atoms with Crippen LogP contribution in [0.15, 0.2) is 30.3 Å². The lowest BCUT2D eigenvalue weighted by molar-refractivity contribution is -0.154. The molecule has 1 aromatic rings. The maximum Gasteiger partial charge on any atom is 0.350 e. The van der Waals surface area contributed by atoms with Crippen LogP contribution < -0.4 is 10.6 Å². The standard InChI is InChI=1S/C20H28N2O6/c1-4-16(26-5-2)22-17(23)15(12-14-10-8-7-9-11-14)21-18(24)20(13-28-20)19(25)27-6-3/h7-11,15-16H,4-6,12-13H2,1-3H3,(H,21,24)(H,22,23)/t15-,16?,20-/m0/s1. The molecule has 2 amide bonds. The van der Waals surface area contributed by atoms with Gasteiger partial charge in [-0.15, -0.1) is 0 Å². The monoisotopic (exact) mass is 392 g/mol. The summed E-state index contributed by atoms with van der Waals surface area (Å²) >= 11 is 0. The van der Waals surface area contributed by atoms with Gasteiger partial charge in [0.05, 0.1) is 13.2 Å². The first-order valence-corrected chi connectivity index (χ1v) is 9.54. The molecule has 1 unspecified atom stereocenters. The SMILES string of the molecule is CCOC(=O)[C@@]1(C(=O)N[C@@H](Cc2ccccc2)C(=O)NC(CC)OCC)CO1. The quantitative estimate of drug-likeness (QED) is 0.251. The molecule has 3 atom stereocenters. The molecule has 1 heterocycles. The second-order valence-electron chi connectivity index (χ2n) is 6.41. The Labute approximate surface area is 164 Å². The molecule has 1 aliphatic heterocycles. The van der Waals surface area contributed by atoms with E-state index in [1.165, 1.54) is 0 Å². The van der Waals surface area contributed by atoms with Gasteiger partial charge in [-0.2, -0.15) is 0 Å². The smallest absolute Gasteiger partial charge is 0.350 e. The van der Waals surface area contributed by atoms with Gasteiger partial charge in [0.2, 0.25) is 5.91 Å². The predicted molar refractivity (Wildman–Crippen MR) is 101 cm³/mol. The largest absolute Gasteiger partial charge is 0.463 e. The lowest BCUT2D eigenvalue weighted by atomic mass is 10.0. The second-order valence-corrected chi connectivity index (χ2v) is 6.41. The fraction of sp³-hybridized carbons (Fsp3) is 0.550. The van der Waals surface area contributed by atoms with Crippen molar-refractivity contribution in [1.29, 1.82) is 0 Å². The third-order valence-electron chi connectivity index (χ3n) is 4.35. The number of hydrogen-bond acceptors (Lipinski definition) is 6. The number of rotatable bonds is 11. The number of carbonyl (C=O) groups is 3. The van der Waals surface area contributed by atoms with Gasteiger partial charge in [0.25, 0.3) is 11.5 Å². The van der Waals surface area contributed by atoms with Crippen molar-refractivity contribution in [3.63, 3.8) is 0 Å². The molecule has 2 N–H and O–H groups in total. The first-order chi connectivity index (χ1) is 13.5. The first kappa shape index (κ1) is 21.8. The topological polar surface area (TPSA) is 106 Å². The molecule has 0 saturated carbocycles. The Kier molecular flexibility index (Phi) is 7.95. The van der Waals surface area contributed by atoms with Gasteiger partial charge in [-0.05, 0) is 25.8 Å². The second kappa shape index (κ2) is 10.2. The molecular formula is C20H28N2O6. The number of carbonyl (C=O) groups excluding carboxylic acids is 3. The lowest BCUT2D eigenvalue weighted by Gasteiger charge is -2.23. The molecule has 1 aliphatic rings. The Morgan fingerprint density at radius 3 is 2.32 bits per heavy atom. The predicted octanol–water partition coefficient (Wildman–Crippen LogP) is 0.935. The third kappa shape index (κ3) is 5.53. The molecule has 2 rings (SSSR count). The van der Waals surface area contributed by atoms with Crippen molar-refractivity contribution in [1.82, 2.24) is 10.6 Å². The van der Waals surface area contributed by atoms with Gasteiger partial charge < -0.3 is 24.8 Å². The zero-order valence-corrected chi connectivity index (χ0v) is 16.5. The normalized spacial score (nSPS) is 20.0. The molecule has 1 saturated heterocycles. The van der Waals surface area contributed by atoms with E-state index in [-0.39, 0.29) is 19.6 Å². The van der Waals surface area contributed by atoms with Crippen LogP contribution >= 0.6 is 0 Å². The first-order valence-electron chi connectivity index (χ1n) is 9.54. The summed E-state index contributed by atoms with van der Waals surface area (Å²) in [7, 11) is 0. The molecule has 0 aliphatic carbocycles. The van der Waals surface area contributed by atoms with Crippen molar-refractivity contribution in [3.8, 4) is 0 Å². The fourth-order valence-corrected chi connectivity index (χ4v) is 2.72. The van der Waals surface area contributed by atoms with Gasteiger partial charge in [0.1, 0.15) is 12.3 Å². The highest BCUT2D eigenvalue weighted by Crippen LogP contribution is 2.29. The molecule has 0 aromatic heterocycles. The van der Waals surface area contributed by atoms with Crippen LogP contribution in [0.25, 0.3) is 0 Å². The number of epoxide rings is 1. The zero-order valence-electron chi connectivity index (χ0n) is 16.5. The Morgan fingerprint density at radius 2 is 1.79 bits per heavy atom. The molecule has 0 spiro atoms. The zero-order chi connectivity index (χ0) is 20.6. The van der Waals surface area contributed by atoms with Crippen LogP contribution in [0.3, 0.4) is 0 Å². The van der Waals surface area contributed by atoms with Gasteiger partial charge in [0.15, 0.2) is 0 Å². The molecule has 1 fully saturated rings. The van der Waals surface area contributed by atoms with Crippen molar-refractivity contribution in [2.75, 3.05) is 19.8 Å². The Bertz CT molecular complexity index is 675. The number of ether oxygens (including phenoxy) is 3. The maximum absolute atomic E-state index is 12.8. The van der Waals surface area contributed by atoms with Crippen molar-refractivity contribution >= 4 is 17.8 Å². The van der Waals surface area contributed by atoms with Gasteiger partial charge in [-0.1, -0.05) is 37.3 Å². The highest BCUT2D eigenvalue weighted by molar-refractivity contribution is 6.10. The Hall–Kier alpha value is -2.45. The van der Waals surface area contributed by atoms with Crippen LogP contribution in [0, 0.1) is 0 Å². The summed E-state index contributed by atoms with van der Waals surface area (Å²) in [6, 6.07) is 8.41. The third-order valence-corrected chi connectivity index (χ3v) is 4.35. The summed E-state index contributed by atoms with van der Waals surface area (Å²) in [5.74, 6) is -1.81. The van der Waals surface area contributed by atoms with Crippen LogP contribution in [0.2, 0.25) is 0 Å². The number of benzene rings is 1. The van der Waals surface area contributed by atoms with Crippen molar-refractivity contribution < 1.29 is 28.6 Å². The number of hydrogen-bond donors (Lipinski definition) is 2. The molecule has 0 radical (unpaired) electrons. The summed E-state index contributed by atoms with van der Waals surface area (Å²) in [4.78, 5) is 37.5. The van der Waals surface area contributed by atoms with Crippen molar-refractivity contribution in [2.24, 2.45) is 0 Å². The van der Waals surface area contributed by atoms with E-state index in [0.717, 1.165) is 5.56 Å². The van der Waals surface area contributed by atoms with Crippen molar-refractivity contribution in [2.45, 2.75) is 51.5 Å². The minimum atomic E-state index is -1.66. The van der Waals surface area contributed by atoms with Crippen LogP contribution in [0.4, 0.5) is 0 Å². The molecule has 154 valence electrons. The van der Waals surface area contributed by atoms with Crippen molar-refractivity contribution in [3.05, 3.63) is 35.9 Å². The molecule has 28 heavy (non-hydrogen) atoms. The number of esters is 1. The van der Waals surface area contributed by atoms with E-state index in [0.29, 0.717) is 13.0 Å². The summed E-state index contributed by atoms with van der Waals surface area (Å²) in [5, 5.41) is 5.43. The van der Waals surface area contributed by atoms with Crippen LogP contribution in [-0.2, 0) is 35.0 Å². The van der Waals surface area contributed by atoms with Gasteiger partial charge in [-0.3, -0.25) is 9.59 Å². The summed E-state index contributed by atoms with van der Waals surface area (Å²) in [6.45, 7) is 5.90. The van der Waals surface area contributed by atoms with Gasteiger partial charge in [-0.25, -0.2) is 4.79 Å². The van der Waals surface area contributed by atoms with E-state index in [4.69, 9.17) is 14.2 Å². The van der Waals surface area contributed by atoms with E-state index in [1.807, 2.05) is 44.2 Å². The molecule has 1 aromatic carbocycles. The average Bonchev–Trinajstić information content (AvgIpc) is 3.50. The number of nitrogens with one attached hydrogen (secondary N) is 2. The summed E-state index contributed by atoms with van der Waals surface area (Å²) in [5.41, 5.74) is -0.788. The van der Waals surface area contributed by atoms with E-state index in [1.54, 1.807) is 6.92 Å². The van der Waals surface area contributed by atoms with Gasteiger partial charge >= 0.3 is 5.97 Å². The molecule has 0 bridgehead atoms. The summed E-state index contributed by atoms with van der Waals surface area (Å²) in [6.07, 6.45) is 0.394.